The summed E-state index contributed by atoms with van der Waals surface area (Å²) < 4.78 is 11.4. The summed E-state index contributed by atoms with van der Waals surface area (Å²) in [5.74, 6) is -3.60. The second kappa shape index (κ2) is 18.0. The van der Waals surface area contributed by atoms with E-state index < -0.39 is 72.3 Å². The standard InChI is InChI=1S/C30H42N4O10/c1-17(35)21(27(39)31-3)33-29(41)25(43-15-19-11-7-5-8-12-19)23(37)24(38)26(44-16-20-13-9-6-10-14-20)30(42)34-22(18(2)36)28(40)32-4/h5-14,17-18,21-26,35-38H,15-16H2,1-4H3,(H,31,39)(H,32,40)(H,33,41)(H,34,42)/t17-,18-,21+,22+,23-,24-,25-,26-/m1/s1. The highest BCUT2D eigenvalue weighted by molar-refractivity contribution is 5.91. The smallest absolute Gasteiger partial charge is 0.252 e. The maximum atomic E-state index is 13.4. The molecule has 8 atom stereocenters. The van der Waals surface area contributed by atoms with Crippen LogP contribution in [0.5, 0.6) is 0 Å². The molecule has 44 heavy (non-hydrogen) atoms. The number of benzene rings is 2. The van der Waals surface area contributed by atoms with Crippen LogP contribution in [0.15, 0.2) is 60.7 Å². The number of carbonyl (C=O) groups excluding carboxylic acids is 4. The van der Waals surface area contributed by atoms with Crippen molar-refractivity contribution < 1.29 is 49.1 Å². The molecule has 0 aliphatic heterocycles. The minimum absolute atomic E-state index is 0.218. The Balaban J connectivity index is 2.42. The Morgan fingerprint density at radius 2 is 0.909 bits per heavy atom. The van der Waals surface area contributed by atoms with Gasteiger partial charge >= 0.3 is 0 Å². The van der Waals surface area contributed by atoms with Crippen LogP contribution in [0.2, 0.25) is 0 Å². The average Bonchev–Trinajstić information content (AvgIpc) is 3.02. The molecule has 2 aromatic rings. The number of amides is 4. The molecule has 242 valence electrons. The van der Waals surface area contributed by atoms with Crippen LogP contribution in [0.4, 0.5) is 0 Å². The summed E-state index contributed by atoms with van der Waals surface area (Å²) in [5, 5.41) is 52.0. The van der Waals surface area contributed by atoms with E-state index >= 15 is 0 Å². The van der Waals surface area contributed by atoms with Gasteiger partial charge in [0, 0.05) is 14.1 Å². The lowest BCUT2D eigenvalue weighted by molar-refractivity contribution is -0.172. The molecule has 4 amide bonds. The third kappa shape index (κ3) is 10.7. The minimum atomic E-state index is -2.13. The van der Waals surface area contributed by atoms with Crippen molar-refractivity contribution in [2.75, 3.05) is 14.1 Å². The Kier molecular flexibility index (Phi) is 14.9. The predicted octanol–water partition coefficient (Wildman–Crippen LogP) is -1.90. The third-order valence-corrected chi connectivity index (χ3v) is 6.65. The van der Waals surface area contributed by atoms with Crippen LogP contribution in [-0.4, -0.2) is 107 Å². The predicted molar refractivity (Wildman–Crippen MR) is 157 cm³/mol. The van der Waals surface area contributed by atoms with Crippen molar-refractivity contribution in [2.45, 2.75) is 75.8 Å². The lowest BCUT2D eigenvalue weighted by atomic mass is 9.99. The summed E-state index contributed by atoms with van der Waals surface area (Å²) >= 11 is 0. The Morgan fingerprint density at radius 1 is 0.591 bits per heavy atom. The van der Waals surface area contributed by atoms with Gasteiger partial charge in [-0.1, -0.05) is 60.7 Å². The van der Waals surface area contributed by atoms with Crippen LogP contribution in [0.3, 0.4) is 0 Å². The van der Waals surface area contributed by atoms with Gasteiger partial charge < -0.3 is 51.2 Å². The first-order chi connectivity index (χ1) is 20.9. The second-order valence-corrected chi connectivity index (χ2v) is 10.1. The maximum Gasteiger partial charge on any atom is 0.252 e. The second-order valence-electron chi connectivity index (χ2n) is 10.1. The molecule has 8 N–H and O–H groups in total. The summed E-state index contributed by atoms with van der Waals surface area (Å²) in [6.45, 7) is 2.11. The van der Waals surface area contributed by atoms with Gasteiger partial charge in [-0.25, -0.2) is 0 Å². The first-order valence-electron chi connectivity index (χ1n) is 14.0. The molecule has 0 aliphatic carbocycles. The zero-order valence-corrected chi connectivity index (χ0v) is 25.0. The highest BCUT2D eigenvalue weighted by atomic mass is 16.5. The minimum Gasteiger partial charge on any atom is -0.391 e. The molecule has 14 heteroatoms. The average molecular weight is 619 g/mol. The van der Waals surface area contributed by atoms with Gasteiger partial charge in [-0.3, -0.25) is 19.2 Å². The Morgan fingerprint density at radius 3 is 1.18 bits per heavy atom. The molecule has 0 aliphatic rings. The van der Waals surface area contributed by atoms with E-state index in [9.17, 15) is 39.6 Å². The molecule has 0 spiro atoms. The fourth-order valence-electron chi connectivity index (χ4n) is 4.13. The van der Waals surface area contributed by atoms with Gasteiger partial charge in [0.05, 0.1) is 25.4 Å². The fraction of sp³-hybridized carbons (Fsp3) is 0.467. The molecule has 0 bridgehead atoms. The number of nitrogens with one attached hydrogen (secondary N) is 4. The van der Waals surface area contributed by atoms with E-state index in [2.05, 4.69) is 21.3 Å². The number of likely N-dealkylation sites (N-methyl/N-ethyl adjacent to an activating group) is 2. The largest absolute Gasteiger partial charge is 0.391 e. The fourth-order valence-corrected chi connectivity index (χ4v) is 4.13. The molecule has 2 rings (SSSR count). The third-order valence-electron chi connectivity index (χ3n) is 6.65. The first-order valence-corrected chi connectivity index (χ1v) is 14.0. The van der Waals surface area contributed by atoms with Crippen molar-refractivity contribution in [3.63, 3.8) is 0 Å². The van der Waals surface area contributed by atoms with E-state index in [0.29, 0.717) is 11.1 Å². The quantitative estimate of drug-likeness (QED) is 0.0986. The topological polar surface area (TPSA) is 216 Å². The molecular weight excluding hydrogens is 576 g/mol. The highest BCUT2D eigenvalue weighted by Crippen LogP contribution is 2.17. The van der Waals surface area contributed by atoms with Crippen molar-refractivity contribution in [3.8, 4) is 0 Å². The highest BCUT2D eigenvalue weighted by Gasteiger charge is 2.43. The first kappa shape index (κ1) is 36.3. The maximum absolute atomic E-state index is 13.4. The van der Waals surface area contributed by atoms with Crippen molar-refractivity contribution in [1.82, 2.24) is 21.3 Å². The van der Waals surface area contributed by atoms with E-state index in [4.69, 9.17) is 9.47 Å². The van der Waals surface area contributed by atoms with Crippen LogP contribution in [0.1, 0.15) is 25.0 Å². The Hall–Kier alpha value is -3.92. The zero-order valence-electron chi connectivity index (χ0n) is 25.0. The summed E-state index contributed by atoms with van der Waals surface area (Å²) in [4.78, 5) is 51.3. The summed E-state index contributed by atoms with van der Waals surface area (Å²) in [6.07, 6.45) is -10.7. The van der Waals surface area contributed by atoms with Gasteiger partial charge in [-0.2, -0.15) is 0 Å². The van der Waals surface area contributed by atoms with E-state index in [1.807, 2.05) is 0 Å². The SMILES string of the molecule is CNC(=O)[C@@H](NC(=O)[C@H](OCc1ccccc1)[C@H](O)[C@@H](O)[C@@H](OCc1ccccc1)C(=O)N[C@H](C(=O)NC)[C@@H](C)O)[C@@H](C)O. The molecule has 0 fully saturated rings. The monoisotopic (exact) mass is 618 g/mol. The molecular formula is C30H42N4O10. The van der Waals surface area contributed by atoms with Crippen molar-refractivity contribution in [1.29, 1.82) is 0 Å². The molecule has 14 nitrogen and oxygen atoms in total. The molecule has 0 radical (unpaired) electrons. The molecule has 0 unspecified atom stereocenters. The number of carbonyl (C=O) groups is 4. The van der Waals surface area contributed by atoms with Crippen LogP contribution < -0.4 is 21.3 Å². The van der Waals surface area contributed by atoms with Crippen LogP contribution in [0, 0.1) is 0 Å². The Labute approximate surface area is 255 Å². The molecule has 2 aromatic carbocycles. The summed E-state index contributed by atoms with van der Waals surface area (Å²) in [5.41, 5.74) is 1.20. The van der Waals surface area contributed by atoms with Gasteiger partial charge in [0.1, 0.15) is 24.3 Å². The number of rotatable bonds is 17. The van der Waals surface area contributed by atoms with Gasteiger partial charge in [0.15, 0.2) is 12.2 Å². The molecule has 0 aromatic heterocycles. The van der Waals surface area contributed by atoms with E-state index in [1.54, 1.807) is 60.7 Å². The summed E-state index contributed by atoms with van der Waals surface area (Å²) in [6, 6.07) is 14.3. The van der Waals surface area contributed by atoms with Crippen LogP contribution in [0.25, 0.3) is 0 Å². The molecule has 0 saturated carbocycles. The number of hydrogen-bond acceptors (Lipinski definition) is 10. The van der Waals surface area contributed by atoms with Crippen molar-refractivity contribution in [2.24, 2.45) is 0 Å². The molecule has 0 heterocycles. The number of aliphatic hydroxyl groups is 4. The lowest BCUT2D eigenvalue weighted by Gasteiger charge is -2.32. The molecule has 0 saturated heterocycles. The zero-order chi connectivity index (χ0) is 32.8. The number of aliphatic hydroxyl groups excluding tert-OH is 4. The number of ether oxygens (including phenoxy) is 2. The van der Waals surface area contributed by atoms with Crippen molar-refractivity contribution >= 4 is 23.6 Å². The van der Waals surface area contributed by atoms with Gasteiger partial charge in [-0.15, -0.1) is 0 Å². The van der Waals surface area contributed by atoms with Gasteiger partial charge in [0.2, 0.25) is 11.8 Å². The van der Waals surface area contributed by atoms with Gasteiger partial charge in [-0.05, 0) is 25.0 Å². The van der Waals surface area contributed by atoms with E-state index in [1.165, 1.54) is 27.9 Å². The lowest BCUT2D eigenvalue weighted by Crippen LogP contribution is -2.61. The normalized spacial score (nSPS) is 16.6. The van der Waals surface area contributed by atoms with Crippen LogP contribution in [-0.2, 0) is 41.9 Å². The summed E-state index contributed by atoms with van der Waals surface area (Å²) in [7, 11) is 2.61. The van der Waals surface area contributed by atoms with E-state index in [0.717, 1.165) is 0 Å². The van der Waals surface area contributed by atoms with Gasteiger partial charge in [0.25, 0.3) is 11.8 Å². The number of hydrogen-bond donors (Lipinski definition) is 8. The Bertz CT molecular complexity index is 1110. The van der Waals surface area contributed by atoms with E-state index in [-0.39, 0.29) is 13.2 Å². The van der Waals surface area contributed by atoms with Crippen molar-refractivity contribution in [3.05, 3.63) is 71.8 Å². The van der Waals surface area contributed by atoms with Crippen LogP contribution >= 0.6 is 0 Å².